The van der Waals surface area contributed by atoms with E-state index in [0.717, 1.165) is 0 Å². The molecule has 0 unspecified atom stereocenters. The Morgan fingerprint density at radius 3 is 1.71 bits per heavy atom. The normalized spacial score (nSPS) is 13.1. The predicted octanol–water partition coefficient (Wildman–Crippen LogP) is 4.72. The van der Waals surface area contributed by atoms with Crippen LogP contribution in [0.4, 0.5) is 0 Å². The Labute approximate surface area is 185 Å². The molecule has 1 aromatic carbocycles. The van der Waals surface area contributed by atoms with Crippen LogP contribution in [-0.4, -0.2) is 29.0 Å². The maximum absolute atomic E-state index is 13.3. The summed E-state index contributed by atoms with van der Waals surface area (Å²) >= 11 is 0. The third-order valence-corrected chi connectivity index (χ3v) is 3.77. The molecular weight excluding hydrogens is 394 g/mol. The van der Waals surface area contributed by atoms with E-state index in [2.05, 4.69) is 11.9 Å². The molecule has 0 atom stereocenters. The van der Waals surface area contributed by atoms with E-state index in [-0.39, 0.29) is 17.1 Å². The van der Waals surface area contributed by atoms with Gasteiger partial charge >= 0.3 is 11.9 Å². The summed E-state index contributed by atoms with van der Waals surface area (Å²) in [5.74, 6) is -1.74. The van der Waals surface area contributed by atoms with Gasteiger partial charge in [-0.3, -0.25) is 4.79 Å². The van der Waals surface area contributed by atoms with Gasteiger partial charge in [0.1, 0.15) is 11.2 Å². The molecule has 0 heterocycles. The largest absolute Gasteiger partial charge is 0.456 e. The average Bonchev–Trinajstić information content (AvgIpc) is 2.61. The zero-order chi connectivity index (χ0) is 24.0. The Morgan fingerprint density at radius 1 is 0.839 bits per heavy atom. The highest BCUT2D eigenvalue weighted by Crippen LogP contribution is 2.31. The smallest absolute Gasteiger partial charge is 0.340 e. The monoisotopic (exact) mass is 427 g/mol. The maximum Gasteiger partial charge on any atom is 0.340 e. The third-order valence-electron chi connectivity index (χ3n) is 3.77. The van der Waals surface area contributed by atoms with Gasteiger partial charge in [-0.1, -0.05) is 36.9 Å². The van der Waals surface area contributed by atoms with Gasteiger partial charge in [0.15, 0.2) is 0 Å². The Kier molecular flexibility index (Phi) is 8.55. The van der Waals surface area contributed by atoms with Crippen LogP contribution in [-0.2, 0) is 23.9 Å². The molecule has 1 amide bonds. The van der Waals surface area contributed by atoms with Gasteiger partial charge in [-0.15, -0.1) is 0 Å². The fourth-order valence-electron chi connectivity index (χ4n) is 2.56. The van der Waals surface area contributed by atoms with Crippen molar-refractivity contribution in [3.8, 4) is 0 Å². The van der Waals surface area contributed by atoms with E-state index in [9.17, 15) is 14.4 Å². The second-order valence-electron chi connectivity index (χ2n) is 9.13. The Morgan fingerprint density at radius 2 is 1.29 bits per heavy atom. The van der Waals surface area contributed by atoms with Crippen molar-refractivity contribution in [2.24, 2.45) is 0 Å². The second-order valence-corrected chi connectivity index (χ2v) is 9.13. The third kappa shape index (κ3) is 8.62. The number of esters is 2. The van der Waals surface area contributed by atoms with Crippen molar-refractivity contribution >= 4 is 23.4 Å². The highest BCUT2D eigenvalue weighted by atomic mass is 16.6. The fraction of sp³-hybridized carbons (Fsp3) is 0.400. The van der Waals surface area contributed by atoms with E-state index < -0.39 is 23.1 Å². The number of ether oxygens (including phenoxy) is 2. The summed E-state index contributed by atoms with van der Waals surface area (Å²) in [6, 6.07) is 9.02. The first kappa shape index (κ1) is 25.9. The number of hydrogen-bond donors (Lipinski definition) is 1. The predicted molar refractivity (Wildman–Crippen MR) is 122 cm³/mol. The van der Waals surface area contributed by atoms with Crippen molar-refractivity contribution in [3.63, 3.8) is 0 Å². The van der Waals surface area contributed by atoms with Crippen LogP contribution in [0.5, 0.6) is 0 Å². The summed E-state index contributed by atoms with van der Waals surface area (Å²) in [7, 11) is 0. The van der Waals surface area contributed by atoms with E-state index in [1.54, 1.807) is 72.7 Å². The molecule has 0 fully saturated rings. The van der Waals surface area contributed by atoms with Crippen molar-refractivity contribution in [2.75, 3.05) is 0 Å². The lowest BCUT2D eigenvalue weighted by atomic mass is 9.91. The van der Waals surface area contributed by atoms with Crippen molar-refractivity contribution in [1.29, 1.82) is 0 Å². The van der Waals surface area contributed by atoms with Gasteiger partial charge in [-0.25, -0.2) is 9.59 Å². The molecule has 1 aromatic rings. The van der Waals surface area contributed by atoms with Gasteiger partial charge < -0.3 is 14.8 Å². The van der Waals surface area contributed by atoms with E-state index in [1.165, 1.54) is 13.1 Å². The average molecular weight is 428 g/mol. The Balaban J connectivity index is 3.82. The fourth-order valence-corrected chi connectivity index (χ4v) is 2.56. The van der Waals surface area contributed by atoms with E-state index >= 15 is 0 Å². The molecule has 168 valence electrons. The summed E-state index contributed by atoms with van der Waals surface area (Å²) < 4.78 is 11.2. The standard InChI is InChI=1S/C25H33NO5/c1-16(15-26-18(3)27)20(22(28)30-24(4,5)6)21(23(29)31-25(7,8)9)17(2)19-13-11-10-12-14-19/h10-15H,2H2,1,3-9H3,(H,26,27)/b16-15+,21-20+. The minimum absolute atomic E-state index is 0.0190. The number of benzene rings is 1. The van der Waals surface area contributed by atoms with Gasteiger partial charge in [0.2, 0.25) is 5.91 Å². The molecule has 0 radical (unpaired) electrons. The topological polar surface area (TPSA) is 81.7 Å². The van der Waals surface area contributed by atoms with Gasteiger partial charge in [0.25, 0.3) is 0 Å². The summed E-state index contributed by atoms with van der Waals surface area (Å²) in [6.07, 6.45) is 1.37. The number of amides is 1. The number of hydrogen-bond acceptors (Lipinski definition) is 5. The van der Waals surface area contributed by atoms with Crippen molar-refractivity contribution in [1.82, 2.24) is 5.32 Å². The highest BCUT2D eigenvalue weighted by molar-refractivity contribution is 6.14. The number of rotatable bonds is 6. The SMILES string of the molecule is C=C(/C(C(=O)OC(C)(C)C)=C(C(=O)OC(C)(C)C)/C(C)=C/NC(C)=O)c1ccccc1. The molecule has 0 saturated heterocycles. The molecular formula is C25H33NO5. The number of carbonyl (C=O) groups excluding carboxylic acids is 3. The van der Waals surface area contributed by atoms with Crippen molar-refractivity contribution in [3.05, 3.63) is 65.4 Å². The number of nitrogens with one attached hydrogen (secondary N) is 1. The first-order valence-corrected chi connectivity index (χ1v) is 10.0. The van der Waals surface area contributed by atoms with Gasteiger partial charge in [-0.2, -0.15) is 0 Å². The van der Waals surface area contributed by atoms with Crippen LogP contribution in [0.15, 0.2) is 59.8 Å². The zero-order valence-corrected chi connectivity index (χ0v) is 19.7. The molecule has 0 aliphatic heterocycles. The van der Waals surface area contributed by atoms with Crippen LogP contribution in [0, 0.1) is 0 Å². The van der Waals surface area contributed by atoms with Crippen LogP contribution < -0.4 is 5.32 Å². The van der Waals surface area contributed by atoms with Crippen LogP contribution in [0.2, 0.25) is 0 Å². The first-order valence-electron chi connectivity index (χ1n) is 10.0. The lowest BCUT2D eigenvalue weighted by molar-refractivity contribution is -0.153. The van der Waals surface area contributed by atoms with Crippen LogP contribution in [0.1, 0.15) is 61.0 Å². The molecule has 0 aliphatic carbocycles. The molecule has 0 aliphatic rings. The lowest BCUT2D eigenvalue weighted by Gasteiger charge is -2.25. The Bertz CT molecular complexity index is 909. The van der Waals surface area contributed by atoms with E-state index in [1.807, 2.05) is 6.07 Å². The zero-order valence-electron chi connectivity index (χ0n) is 19.7. The van der Waals surface area contributed by atoms with Gasteiger partial charge in [-0.05, 0) is 65.2 Å². The quantitative estimate of drug-likeness (QED) is 0.404. The summed E-state index contributed by atoms with van der Waals surface area (Å²) in [5, 5.41) is 2.54. The van der Waals surface area contributed by atoms with Crippen LogP contribution in [0.3, 0.4) is 0 Å². The summed E-state index contributed by atoms with van der Waals surface area (Å²) in [6.45, 7) is 17.4. The van der Waals surface area contributed by atoms with Crippen molar-refractivity contribution < 1.29 is 23.9 Å². The molecule has 0 saturated carbocycles. The first-order chi connectivity index (χ1) is 14.1. The molecule has 0 bridgehead atoms. The molecule has 6 heteroatoms. The van der Waals surface area contributed by atoms with Gasteiger partial charge in [0, 0.05) is 13.1 Å². The van der Waals surface area contributed by atoms with E-state index in [0.29, 0.717) is 16.7 Å². The number of carbonyl (C=O) groups is 3. The second kappa shape index (κ2) is 10.2. The van der Waals surface area contributed by atoms with Crippen LogP contribution >= 0.6 is 0 Å². The van der Waals surface area contributed by atoms with E-state index in [4.69, 9.17) is 9.47 Å². The van der Waals surface area contributed by atoms with Gasteiger partial charge in [0.05, 0.1) is 11.1 Å². The minimum Gasteiger partial charge on any atom is -0.456 e. The maximum atomic E-state index is 13.3. The molecule has 1 rings (SSSR count). The molecule has 31 heavy (non-hydrogen) atoms. The molecule has 1 N–H and O–H groups in total. The summed E-state index contributed by atoms with van der Waals surface area (Å²) in [5.41, 5.74) is -0.344. The summed E-state index contributed by atoms with van der Waals surface area (Å²) in [4.78, 5) is 37.9. The minimum atomic E-state index is -0.802. The molecule has 0 aromatic heterocycles. The lowest BCUT2D eigenvalue weighted by Crippen LogP contribution is -2.30. The molecule has 0 spiro atoms. The highest BCUT2D eigenvalue weighted by Gasteiger charge is 2.31. The Hall–Kier alpha value is -3.15. The van der Waals surface area contributed by atoms with Crippen LogP contribution in [0.25, 0.3) is 5.57 Å². The molecule has 6 nitrogen and oxygen atoms in total. The van der Waals surface area contributed by atoms with Crippen molar-refractivity contribution in [2.45, 2.75) is 66.6 Å².